The van der Waals surface area contributed by atoms with Gasteiger partial charge < -0.3 is 10.6 Å². The number of aromatic amines is 1. The Bertz CT molecular complexity index is 958. The Morgan fingerprint density at radius 1 is 1.12 bits per heavy atom. The number of nitriles is 1. The number of halogens is 1. The van der Waals surface area contributed by atoms with E-state index in [4.69, 9.17) is 5.26 Å². The van der Waals surface area contributed by atoms with Gasteiger partial charge in [0, 0.05) is 23.1 Å². The Morgan fingerprint density at radius 3 is 2.42 bits per heavy atom. The highest BCUT2D eigenvalue weighted by molar-refractivity contribution is 6.04. The number of benzene rings is 2. The van der Waals surface area contributed by atoms with Crippen molar-refractivity contribution in [3.05, 3.63) is 71.9 Å². The number of nitrogens with zero attached hydrogens (tertiary/aromatic N) is 4. The molecule has 26 heavy (non-hydrogen) atoms. The van der Waals surface area contributed by atoms with E-state index < -0.39 is 0 Å². The molecule has 1 aromatic heterocycles. The van der Waals surface area contributed by atoms with Crippen LogP contribution in [0.2, 0.25) is 0 Å². The Hall–Kier alpha value is -4.06. The van der Waals surface area contributed by atoms with Crippen molar-refractivity contribution in [2.45, 2.75) is 0 Å². The summed E-state index contributed by atoms with van der Waals surface area (Å²) in [5, 5.41) is 27.8. The normalized spacial score (nSPS) is 10.8. The van der Waals surface area contributed by atoms with Crippen LogP contribution in [-0.2, 0) is 0 Å². The summed E-state index contributed by atoms with van der Waals surface area (Å²) in [6, 6.07) is 14.1. The van der Waals surface area contributed by atoms with Crippen molar-refractivity contribution in [2.75, 3.05) is 10.6 Å². The van der Waals surface area contributed by atoms with Crippen LogP contribution in [0.5, 0.6) is 0 Å². The molecule has 0 saturated heterocycles. The maximum absolute atomic E-state index is 12.9. The lowest BCUT2D eigenvalue weighted by Gasteiger charge is -2.06. The number of H-pyrrole nitrogens is 1. The van der Waals surface area contributed by atoms with Crippen molar-refractivity contribution >= 4 is 22.9 Å². The van der Waals surface area contributed by atoms with Crippen molar-refractivity contribution in [3.63, 3.8) is 0 Å². The third kappa shape index (κ3) is 4.07. The van der Waals surface area contributed by atoms with Crippen LogP contribution >= 0.6 is 0 Å². The van der Waals surface area contributed by atoms with Gasteiger partial charge in [0.25, 0.3) is 5.91 Å². The van der Waals surface area contributed by atoms with Gasteiger partial charge in [-0.3, -0.25) is 4.79 Å². The fourth-order valence-electron chi connectivity index (χ4n) is 2.03. The minimum atomic E-state index is -0.371. The molecule has 0 aliphatic heterocycles. The first-order valence-corrected chi connectivity index (χ1v) is 7.43. The highest BCUT2D eigenvalue weighted by Gasteiger charge is 2.07. The number of hydrogen-bond donors (Lipinski definition) is 3. The van der Waals surface area contributed by atoms with Gasteiger partial charge in [0.05, 0.1) is 0 Å². The number of amides is 1. The lowest BCUT2D eigenvalue weighted by Crippen LogP contribution is -2.11. The average Bonchev–Trinajstić information content (AvgIpc) is 3.19. The third-order valence-corrected chi connectivity index (χ3v) is 3.34. The molecule has 1 heterocycles. The molecule has 8 nitrogen and oxygen atoms in total. The van der Waals surface area contributed by atoms with Crippen LogP contribution in [0.3, 0.4) is 0 Å². The van der Waals surface area contributed by atoms with Crippen molar-refractivity contribution in [1.29, 1.82) is 5.26 Å². The summed E-state index contributed by atoms with van der Waals surface area (Å²) >= 11 is 0. The van der Waals surface area contributed by atoms with Crippen LogP contribution in [0.4, 0.5) is 15.8 Å². The van der Waals surface area contributed by atoms with E-state index in [9.17, 15) is 9.18 Å². The number of allylic oxidation sites excluding steroid dienone is 1. The summed E-state index contributed by atoms with van der Waals surface area (Å²) in [5.41, 5.74) is 1.80. The van der Waals surface area contributed by atoms with Gasteiger partial charge in [-0.2, -0.15) is 10.5 Å². The van der Waals surface area contributed by atoms with Gasteiger partial charge in [0.2, 0.25) is 5.82 Å². The van der Waals surface area contributed by atoms with Gasteiger partial charge in [0.1, 0.15) is 17.5 Å². The van der Waals surface area contributed by atoms with Crippen molar-refractivity contribution in [1.82, 2.24) is 20.6 Å². The number of hydrogen-bond acceptors (Lipinski definition) is 6. The summed E-state index contributed by atoms with van der Waals surface area (Å²) in [6.07, 6.45) is 1.44. The molecule has 0 unspecified atom stereocenters. The molecule has 3 rings (SSSR count). The summed E-state index contributed by atoms with van der Waals surface area (Å²) in [4.78, 5) is 12.2. The first-order chi connectivity index (χ1) is 12.7. The predicted octanol–water partition coefficient (Wildman–Crippen LogP) is 2.57. The van der Waals surface area contributed by atoms with Gasteiger partial charge in [-0.1, -0.05) is 0 Å². The van der Waals surface area contributed by atoms with E-state index >= 15 is 0 Å². The van der Waals surface area contributed by atoms with Crippen LogP contribution in [0.1, 0.15) is 16.2 Å². The minimum Gasteiger partial charge on any atom is -0.360 e. The Morgan fingerprint density at radius 2 is 1.81 bits per heavy atom. The van der Waals surface area contributed by atoms with Crippen LogP contribution in [0.15, 0.2) is 54.7 Å². The molecule has 0 radical (unpaired) electrons. The van der Waals surface area contributed by atoms with E-state index in [2.05, 4.69) is 31.3 Å². The molecule has 3 aromatic rings. The molecule has 0 spiro atoms. The van der Waals surface area contributed by atoms with Gasteiger partial charge >= 0.3 is 0 Å². The van der Waals surface area contributed by atoms with E-state index in [0.717, 1.165) is 0 Å². The fourth-order valence-corrected chi connectivity index (χ4v) is 2.03. The molecule has 0 saturated carbocycles. The van der Waals surface area contributed by atoms with Crippen LogP contribution < -0.4 is 10.6 Å². The second kappa shape index (κ2) is 7.67. The molecule has 0 bridgehead atoms. The van der Waals surface area contributed by atoms with Gasteiger partial charge in [-0.05, 0) is 53.7 Å². The van der Waals surface area contributed by atoms with Crippen molar-refractivity contribution in [2.24, 2.45) is 0 Å². The van der Waals surface area contributed by atoms with Gasteiger partial charge in [-0.15, -0.1) is 10.2 Å². The van der Waals surface area contributed by atoms with E-state index in [1.54, 1.807) is 24.3 Å². The zero-order valence-electron chi connectivity index (χ0n) is 13.3. The predicted molar refractivity (Wildman–Crippen MR) is 92.2 cm³/mol. The lowest BCUT2D eigenvalue weighted by atomic mass is 10.2. The summed E-state index contributed by atoms with van der Waals surface area (Å²) in [7, 11) is 0. The van der Waals surface area contributed by atoms with E-state index in [-0.39, 0.29) is 23.1 Å². The molecule has 9 heteroatoms. The molecule has 0 atom stereocenters. The zero-order valence-corrected chi connectivity index (χ0v) is 13.3. The standard InChI is InChI=1S/C17H12FN7O/c18-13-3-7-15(8-4-13)21-17(26)11-1-5-14(6-2-11)20-10-12(9-19)16-22-24-25-23-16/h1-8,10,20H,(H,21,26)(H,22,23,24,25). The molecular weight excluding hydrogens is 337 g/mol. The molecule has 3 N–H and O–H groups in total. The maximum Gasteiger partial charge on any atom is 0.255 e. The number of carbonyl (C=O) groups is 1. The highest BCUT2D eigenvalue weighted by atomic mass is 19.1. The SMILES string of the molecule is N#CC(=CNc1ccc(C(=O)Nc2ccc(F)cc2)cc1)c1nn[nH]n1. The molecule has 0 fully saturated rings. The monoisotopic (exact) mass is 349 g/mol. The van der Waals surface area contributed by atoms with Gasteiger partial charge in [0.15, 0.2) is 0 Å². The Kier molecular flexibility index (Phi) is 4.95. The summed E-state index contributed by atoms with van der Waals surface area (Å²) < 4.78 is 12.9. The number of tetrazole rings is 1. The topological polar surface area (TPSA) is 119 Å². The third-order valence-electron chi connectivity index (χ3n) is 3.34. The smallest absolute Gasteiger partial charge is 0.255 e. The largest absolute Gasteiger partial charge is 0.360 e. The lowest BCUT2D eigenvalue weighted by molar-refractivity contribution is 0.102. The van der Waals surface area contributed by atoms with Crippen LogP contribution in [0.25, 0.3) is 5.57 Å². The van der Waals surface area contributed by atoms with E-state index in [1.165, 1.54) is 30.5 Å². The second-order valence-corrected chi connectivity index (χ2v) is 5.09. The van der Waals surface area contributed by atoms with Crippen molar-refractivity contribution < 1.29 is 9.18 Å². The Balaban J connectivity index is 1.65. The molecule has 2 aromatic carbocycles. The Labute approximate surface area is 147 Å². The van der Waals surface area contributed by atoms with Gasteiger partial charge in [-0.25, -0.2) is 4.39 Å². The highest BCUT2D eigenvalue weighted by Crippen LogP contribution is 2.14. The fraction of sp³-hybridized carbons (Fsp3) is 0. The molecule has 0 aliphatic rings. The number of aromatic nitrogens is 4. The zero-order chi connectivity index (χ0) is 18.4. The molecule has 128 valence electrons. The number of nitrogens with one attached hydrogen (secondary N) is 3. The van der Waals surface area contributed by atoms with E-state index in [1.807, 2.05) is 6.07 Å². The molecule has 0 aliphatic carbocycles. The first-order valence-electron chi connectivity index (χ1n) is 7.43. The maximum atomic E-state index is 12.9. The van der Waals surface area contributed by atoms with E-state index in [0.29, 0.717) is 16.9 Å². The molecular formula is C17H12FN7O. The second-order valence-electron chi connectivity index (χ2n) is 5.09. The number of carbonyl (C=O) groups excluding carboxylic acids is 1. The summed E-state index contributed by atoms with van der Waals surface area (Å²) in [5.74, 6) is -0.512. The first kappa shape index (κ1) is 16.8. The number of rotatable bonds is 5. The molecule has 1 amide bonds. The summed E-state index contributed by atoms with van der Waals surface area (Å²) in [6.45, 7) is 0. The van der Waals surface area contributed by atoms with Crippen LogP contribution in [0, 0.1) is 17.1 Å². The number of anilines is 2. The van der Waals surface area contributed by atoms with Crippen molar-refractivity contribution in [3.8, 4) is 6.07 Å². The van der Waals surface area contributed by atoms with Crippen LogP contribution in [-0.4, -0.2) is 26.5 Å². The average molecular weight is 349 g/mol. The minimum absolute atomic E-state index is 0.176. The quantitative estimate of drug-likeness (QED) is 0.609.